The SMILES string of the molecule is CSc1cccc(Br)c1C1CCCCN1. The summed E-state index contributed by atoms with van der Waals surface area (Å²) in [6.07, 6.45) is 6.06. The van der Waals surface area contributed by atoms with Crippen LogP contribution in [0.3, 0.4) is 0 Å². The molecule has 0 bridgehead atoms. The molecule has 0 aliphatic carbocycles. The molecule has 82 valence electrons. The van der Waals surface area contributed by atoms with Gasteiger partial charge in [-0.15, -0.1) is 11.8 Å². The normalized spacial score (nSPS) is 21.6. The van der Waals surface area contributed by atoms with Gasteiger partial charge in [-0.1, -0.05) is 28.4 Å². The van der Waals surface area contributed by atoms with Crippen molar-refractivity contribution in [1.29, 1.82) is 0 Å². The third-order valence-electron chi connectivity index (χ3n) is 2.89. The molecule has 1 N–H and O–H groups in total. The number of rotatable bonds is 2. The maximum atomic E-state index is 3.67. The van der Waals surface area contributed by atoms with E-state index in [2.05, 4.69) is 45.7 Å². The summed E-state index contributed by atoms with van der Waals surface area (Å²) in [7, 11) is 0. The molecule has 1 atom stereocenters. The lowest BCUT2D eigenvalue weighted by Gasteiger charge is -2.26. The quantitative estimate of drug-likeness (QED) is 0.825. The summed E-state index contributed by atoms with van der Waals surface area (Å²) in [6, 6.07) is 7.01. The molecule has 2 rings (SSSR count). The Labute approximate surface area is 104 Å². The number of halogens is 1. The average molecular weight is 286 g/mol. The largest absolute Gasteiger partial charge is 0.310 e. The Morgan fingerprint density at radius 1 is 1.40 bits per heavy atom. The number of benzene rings is 1. The van der Waals surface area contributed by atoms with Gasteiger partial charge in [-0.25, -0.2) is 0 Å². The minimum Gasteiger partial charge on any atom is -0.310 e. The second-order valence-corrected chi connectivity index (χ2v) is 5.56. The van der Waals surface area contributed by atoms with Gasteiger partial charge < -0.3 is 5.32 Å². The second kappa shape index (κ2) is 5.37. The van der Waals surface area contributed by atoms with Crippen molar-refractivity contribution in [3.05, 3.63) is 28.2 Å². The summed E-state index contributed by atoms with van der Waals surface area (Å²) in [6.45, 7) is 1.15. The highest BCUT2D eigenvalue weighted by Gasteiger charge is 2.19. The van der Waals surface area contributed by atoms with Crippen molar-refractivity contribution in [2.45, 2.75) is 30.2 Å². The molecule has 1 unspecified atom stereocenters. The zero-order chi connectivity index (χ0) is 10.7. The molecular weight excluding hydrogens is 270 g/mol. The van der Waals surface area contributed by atoms with E-state index >= 15 is 0 Å². The third-order valence-corrected chi connectivity index (χ3v) is 4.38. The van der Waals surface area contributed by atoms with Crippen molar-refractivity contribution in [2.75, 3.05) is 12.8 Å². The second-order valence-electron chi connectivity index (χ2n) is 3.86. The molecule has 0 saturated carbocycles. The summed E-state index contributed by atoms with van der Waals surface area (Å²) in [5, 5.41) is 3.61. The van der Waals surface area contributed by atoms with E-state index in [0.717, 1.165) is 6.54 Å². The van der Waals surface area contributed by atoms with Gasteiger partial charge in [0.25, 0.3) is 0 Å². The highest BCUT2D eigenvalue weighted by molar-refractivity contribution is 9.10. The molecule has 3 heteroatoms. The highest BCUT2D eigenvalue weighted by Crippen LogP contribution is 2.35. The molecule has 0 radical (unpaired) electrons. The molecule has 1 aliphatic heterocycles. The van der Waals surface area contributed by atoms with E-state index in [1.54, 1.807) is 0 Å². The predicted octanol–water partition coefficient (Wildman–Crippen LogP) is 3.99. The predicted molar refractivity (Wildman–Crippen MR) is 70.5 cm³/mol. The van der Waals surface area contributed by atoms with E-state index in [9.17, 15) is 0 Å². The molecule has 0 spiro atoms. The van der Waals surface area contributed by atoms with Crippen LogP contribution in [0.5, 0.6) is 0 Å². The summed E-state index contributed by atoms with van der Waals surface area (Å²) >= 11 is 5.50. The first-order chi connectivity index (χ1) is 7.33. The molecule has 1 aliphatic rings. The van der Waals surface area contributed by atoms with E-state index < -0.39 is 0 Å². The number of nitrogens with one attached hydrogen (secondary N) is 1. The fourth-order valence-electron chi connectivity index (χ4n) is 2.13. The maximum Gasteiger partial charge on any atom is 0.0342 e. The van der Waals surface area contributed by atoms with Crippen LogP contribution in [0.4, 0.5) is 0 Å². The first-order valence-electron chi connectivity index (χ1n) is 5.38. The van der Waals surface area contributed by atoms with Crippen LogP contribution < -0.4 is 5.32 Å². The van der Waals surface area contributed by atoms with E-state index in [1.165, 1.54) is 34.2 Å². The van der Waals surface area contributed by atoms with E-state index in [-0.39, 0.29) is 0 Å². The smallest absolute Gasteiger partial charge is 0.0342 e. The van der Waals surface area contributed by atoms with Crippen LogP contribution in [0.15, 0.2) is 27.6 Å². The Balaban J connectivity index is 2.31. The number of thioether (sulfide) groups is 1. The monoisotopic (exact) mass is 285 g/mol. The number of hydrogen-bond donors (Lipinski definition) is 1. The van der Waals surface area contributed by atoms with Gasteiger partial charge in [0.1, 0.15) is 0 Å². The lowest BCUT2D eigenvalue weighted by atomic mass is 9.97. The molecule has 1 heterocycles. The minimum absolute atomic E-state index is 0.539. The van der Waals surface area contributed by atoms with Gasteiger partial charge in [-0.3, -0.25) is 0 Å². The lowest BCUT2D eigenvalue weighted by Crippen LogP contribution is -2.27. The van der Waals surface area contributed by atoms with Crippen LogP contribution in [0.2, 0.25) is 0 Å². The van der Waals surface area contributed by atoms with Crippen molar-refractivity contribution in [3.8, 4) is 0 Å². The summed E-state index contributed by atoms with van der Waals surface area (Å²) in [4.78, 5) is 1.39. The van der Waals surface area contributed by atoms with Gasteiger partial charge in [0, 0.05) is 15.4 Å². The zero-order valence-electron chi connectivity index (χ0n) is 8.92. The van der Waals surface area contributed by atoms with Crippen molar-refractivity contribution in [1.82, 2.24) is 5.32 Å². The molecule has 1 nitrogen and oxygen atoms in total. The van der Waals surface area contributed by atoms with Crippen molar-refractivity contribution >= 4 is 27.7 Å². The first-order valence-corrected chi connectivity index (χ1v) is 7.40. The first kappa shape index (κ1) is 11.5. The van der Waals surface area contributed by atoms with Crippen LogP contribution in [-0.4, -0.2) is 12.8 Å². The molecule has 15 heavy (non-hydrogen) atoms. The summed E-state index contributed by atoms with van der Waals surface area (Å²) < 4.78 is 1.24. The molecular formula is C12H16BrNS. The topological polar surface area (TPSA) is 12.0 Å². The molecule has 0 aromatic heterocycles. The van der Waals surface area contributed by atoms with Crippen LogP contribution >= 0.6 is 27.7 Å². The Morgan fingerprint density at radius 3 is 2.93 bits per heavy atom. The van der Waals surface area contributed by atoms with E-state index in [1.807, 2.05) is 11.8 Å². The summed E-state index contributed by atoms with van der Waals surface area (Å²) in [5.74, 6) is 0. The van der Waals surface area contributed by atoms with Gasteiger partial charge in [0.2, 0.25) is 0 Å². The number of piperidine rings is 1. The van der Waals surface area contributed by atoms with Crippen LogP contribution in [-0.2, 0) is 0 Å². The average Bonchev–Trinajstić information content (AvgIpc) is 2.29. The molecule has 1 aromatic carbocycles. The maximum absolute atomic E-state index is 3.67. The fraction of sp³-hybridized carbons (Fsp3) is 0.500. The lowest BCUT2D eigenvalue weighted by molar-refractivity contribution is 0.407. The summed E-state index contributed by atoms with van der Waals surface area (Å²) in [5.41, 5.74) is 1.45. The Bertz CT molecular complexity index is 334. The van der Waals surface area contributed by atoms with Crippen LogP contribution in [0.1, 0.15) is 30.9 Å². The standard InChI is InChI=1S/C12H16BrNS/c1-15-11-7-4-5-9(13)12(11)10-6-2-3-8-14-10/h4-5,7,10,14H,2-3,6,8H2,1H3. The van der Waals surface area contributed by atoms with Gasteiger partial charge >= 0.3 is 0 Å². The van der Waals surface area contributed by atoms with Gasteiger partial charge in [-0.05, 0) is 43.3 Å². The number of hydrogen-bond acceptors (Lipinski definition) is 2. The molecule has 1 saturated heterocycles. The Kier molecular flexibility index (Phi) is 4.12. The third kappa shape index (κ3) is 2.58. The minimum atomic E-state index is 0.539. The highest BCUT2D eigenvalue weighted by atomic mass is 79.9. The zero-order valence-corrected chi connectivity index (χ0v) is 11.3. The van der Waals surface area contributed by atoms with E-state index in [4.69, 9.17) is 0 Å². The van der Waals surface area contributed by atoms with Crippen LogP contribution in [0, 0.1) is 0 Å². The van der Waals surface area contributed by atoms with Gasteiger partial charge in [-0.2, -0.15) is 0 Å². The molecule has 0 amide bonds. The Morgan fingerprint density at radius 2 is 2.27 bits per heavy atom. The molecule has 1 aromatic rings. The van der Waals surface area contributed by atoms with Gasteiger partial charge in [0.05, 0.1) is 0 Å². The van der Waals surface area contributed by atoms with Crippen molar-refractivity contribution < 1.29 is 0 Å². The van der Waals surface area contributed by atoms with Crippen molar-refractivity contribution in [2.24, 2.45) is 0 Å². The van der Waals surface area contributed by atoms with Gasteiger partial charge in [0.15, 0.2) is 0 Å². The van der Waals surface area contributed by atoms with E-state index in [0.29, 0.717) is 6.04 Å². The molecule has 1 fully saturated rings. The van der Waals surface area contributed by atoms with Crippen molar-refractivity contribution in [3.63, 3.8) is 0 Å². The Hall–Kier alpha value is 0.01000. The fourth-order valence-corrected chi connectivity index (χ4v) is 3.59. The van der Waals surface area contributed by atoms with Crippen LogP contribution in [0.25, 0.3) is 0 Å².